The highest BCUT2D eigenvalue weighted by Gasteiger charge is 2.18. The molecule has 7 heteroatoms. The van der Waals surface area contributed by atoms with E-state index in [0.29, 0.717) is 22.5 Å². The molecule has 0 unspecified atom stereocenters. The molecule has 3 rings (SSSR count). The van der Waals surface area contributed by atoms with Crippen molar-refractivity contribution in [3.63, 3.8) is 0 Å². The van der Waals surface area contributed by atoms with Crippen LogP contribution in [0.15, 0.2) is 51.7 Å². The molecule has 1 aromatic heterocycles. The lowest BCUT2D eigenvalue weighted by molar-refractivity contribution is -0.308. The number of aryl methyl sites for hydroxylation is 2. The SMILES string of the molecule is COc1ccc2c(C)c(CCC(=O)N[C@H](C(=O)[O-])c3ccccc3)c(=O)oc2c1C. The molecule has 0 saturated carbocycles. The van der Waals surface area contributed by atoms with Crippen molar-refractivity contribution in [2.75, 3.05) is 7.11 Å². The quantitative estimate of drug-likeness (QED) is 0.599. The van der Waals surface area contributed by atoms with Gasteiger partial charge in [-0.1, -0.05) is 30.3 Å². The van der Waals surface area contributed by atoms with Crippen LogP contribution in [0.3, 0.4) is 0 Å². The Labute approximate surface area is 173 Å². The van der Waals surface area contributed by atoms with Crippen LogP contribution in [0.25, 0.3) is 11.0 Å². The number of methoxy groups -OCH3 is 1. The molecule has 0 saturated heterocycles. The third-order valence-corrected chi connectivity index (χ3v) is 5.15. The molecule has 1 atom stereocenters. The van der Waals surface area contributed by atoms with Gasteiger partial charge in [-0.25, -0.2) is 4.79 Å². The molecule has 0 aliphatic rings. The van der Waals surface area contributed by atoms with E-state index in [1.807, 2.05) is 6.07 Å². The largest absolute Gasteiger partial charge is 0.548 e. The zero-order chi connectivity index (χ0) is 21.8. The predicted molar refractivity (Wildman–Crippen MR) is 109 cm³/mol. The topological polar surface area (TPSA) is 109 Å². The van der Waals surface area contributed by atoms with Crippen molar-refractivity contribution < 1.29 is 23.8 Å². The molecular formula is C23H22NO6-. The highest BCUT2D eigenvalue weighted by molar-refractivity contribution is 5.86. The Bertz CT molecular complexity index is 1150. The molecule has 2 aromatic carbocycles. The van der Waals surface area contributed by atoms with Gasteiger partial charge in [-0.05, 0) is 43.5 Å². The monoisotopic (exact) mass is 408 g/mol. The molecule has 0 aliphatic carbocycles. The van der Waals surface area contributed by atoms with Crippen molar-refractivity contribution in [2.24, 2.45) is 0 Å². The number of rotatable bonds is 7. The van der Waals surface area contributed by atoms with E-state index < -0.39 is 23.5 Å². The van der Waals surface area contributed by atoms with Crippen LogP contribution in [0.5, 0.6) is 5.75 Å². The number of fused-ring (bicyclic) bond motifs is 1. The van der Waals surface area contributed by atoms with Crippen molar-refractivity contribution in [1.82, 2.24) is 5.32 Å². The molecule has 156 valence electrons. The lowest BCUT2D eigenvalue weighted by Crippen LogP contribution is -2.41. The second kappa shape index (κ2) is 8.82. The summed E-state index contributed by atoms with van der Waals surface area (Å²) >= 11 is 0. The van der Waals surface area contributed by atoms with Crippen LogP contribution in [-0.2, 0) is 16.0 Å². The van der Waals surface area contributed by atoms with Gasteiger partial charge < -0.3 is 24.4 Å². The fraction of sp³-hybridized carbons (Fsp3) is 0.261. The van der Waals surface area contributed by atoms with Gasteiger partial charge >= 0.3 is 5.63 Å². The third-order valence-electron chi connectivity index (χ3n) is 5.15. The van der Waals surface area contributed by atoms with Crippen molar-refractivity contribution in [3.05, 3.63) is 75.1 Å². The fourth-order valence-electron chi connectivity index (χ4n) is 3.48. The van der Waals surface area contributed by atoms with Gasteiger partial charge in [-0.15, -0.1) is 0 Å². The maximum Gasteiger partial charge on any atom is 0.339 e. The number of benzene rings is 2. The summed E-state index contributed by atoms with van der Waals surface area (Å²) in [5, 5.41) is 14.7. The van der Waals surface area contributed by atoms with Crippen molar-refractivity contribution in [2.45, 2.75) is 32.7 Å². The minimum atomic E-state index is -1.40. The number of carboxylic acids is 1. The summed E-state index contributed by atoms with van der Waals surface area (Å²) in [5.74, 6) is -1.29. The molecule has 30 heavy (non-hydrogen) atoms. The molecule has 0 bridgehead atoms. The normalized spacial score (nSPS) is 11.8. The summed E-state index contributed by atoms with van der Waals surface area (Å²) in [7, 11) is 1.54. The van der Waals surface area contributed by atoms with Crippen LogP contribution < -0.4 is 20.8 Å². The number of amides is 1. The minimum absolute atomic E-state index is 0.0666. The van der Waals surface area contributed by atoms with Gasteiger partial charge in [-0.2, -0.15) is 0 Å². The van der Waals surface area contributed by atoms with E-state index in [1.54, 1.807) is 57.4 Å². The van der Waals surface area contributed by atoms with Gasteiger partial charge in [0.2, 0.25) is 5.91 Å². The van der Waals surface area contributed by atoms with E-state index in [9.17, 15) is 19.5 Å². The van der Waals surface area contributed by atoms with Crippen LogP contribution >= 0.6 is 0 Å². The highest BCUT2D eigenvalue weighted by atomic mass is 16.5. The van der Waals surface area contributed by atoms with E-state index in [1.165, 1.54) is 0 Å². The number of nitrogens with one attached hydrogen (secondary N) is 1. The van der Waals surface area contributed by atoms with E-state index >= 15 is 0 Å². The maximum atomic E-state index is 12.5. The van der Waals surface area contributed by atoms with Gasteiger partial charge in [0.15, 0.2) is 0 Å². The second-order valence-corrected chi connectivity index (χ2v) is 6.99. The van der Waals surface area contributed by atoms with Crippen LogP contribution in [0, 0.1) is 13.8 Å². The van der Waals surface area contributed by atoms with Crippen LogP contribution in [0.1, 0.15) is 34.7 Å². The first-order valence-electron chi connectivity index (χ1n) is 9.48. The molecule has 0 spiro atoms. The minimum Gasteiger partial charge on any atom is -0.548 e. The Morgan fingerprint density at radius 2 is 1.80 bits per heavy atom. The molecular weight excluding hydrogens is 386 g/mol. The van der Waals surface area contributed by atoms with E-state index in [2.05, 4.69) is 5.32 Å². The first-order chi connectivity index (χ1) is 14.3. The average molecular weight is 408 g/mol. The molecule has 0 aliphatic heterocycles. The summed E-state index contributed by atoms with van der Waals surface area (Å²) < 4.78 is 10.8. The van der Waals surface area contributed by atoms with Crippen LogP contribution in [0.4, 0.5) is 0 Å². The van der Waals surface area contributed by atoms with Crippen LogP contribution in [-0.4, -0.2) is 19.0 Å². The molecule has 0 fully saturated rings. The van der Waals surface area contributed by atoms with Gasteiger partial charge in [0.05, 0.1) is 19.1 Å². The number of hydrogen-bond donors (Lipinski definition) is 1. The van der Waals surface area contributed by atoms with Gasteiger partial charge in [0, 0.05) is 22.9 Å². The summed E-state index contributed by atoms with van der Waals surface area (Å²) in [6, 6.07) is 10.6. The second-order valence-electron chi connectivity index (χ2n) is 6.99. The highest BCUT2D eigenvalue weighted by Crippen LogP contribution is 2.29. The van der Waals surface area contributed by atoms with Crippen molar-refractivity contribution >= 4 is 22.8 Å². The van der Waals surface area contributed by atoms with E-state index in [-0.39, 0.29) is 12.8 Å². The summed E-state index contributed by atoms with van der Waals surface area (Å²) in [6.07, 6.45) is 0.0540. The number of ether oxygens (including phenoxy) is 1. The number of carbonyl (C=O) groups excluding carboxylic acids is 2. The van der Waals surface area contributed by atoms with Crippen LogP contribution in [0.2, 0.25) is 0 Å². The first kappa shape index (κ1) is 21.1. The zero-order valence-electron chi connectivity index (χ0n) is 17.0. The Hall–Kier alpha value is -3.61. The Kier molecular flexibility index (Phi) is 6.20. The summed E-state index contributed by atoms with van der Waals surface area (Å²) in [5.41, 5.74) is 2.16. The summed E-state index contributed by atoms with van der Waals surface area (Å²) in [6.45, 7) is 3.60. The standard InChI is InChI=1S/C23H23NO6/c1-13-16-9-11-18(29-3)14(2)21(16)30-23(28)17(13)10-12-19(25)24-20(22(26)27)15-7-5-4-6-8-15/h4-9,11,20H,10,12H2,1-3H3,(H,24,25)(H,26,27)/p-1/t20-/m0/s1. The Balaban J connectivity index is 1.80. The zero-order valence-corrected chi connectivity index (χ0v) is 17.0. The molecule has 1 amide bonds. The fourth-order valence-corrected chi connectivity index (χ4v) is 3.48. The molecule has 1 heterocycles. The molecule has 3 aromatic rings. The average Bonchev–Trinajstić information content (AvgIpc) is 2.73. The van der Waals surface area contributed by atoms with Crippen molar-refractivity contribution in [3.8, 4) is 5.75 Å². The number of hydrogen-bond acceptors (Lipinski definition) is 6. The van der Waals surface area contributed by atoms with Gasteiger partial charge in [-0.3, -0.25) is 4.79 Å². The molecule has 0 radical (unpaired) electrons. The number of carboxylic acid groups (broad SMARTS) is 1. The van der Waals surface area contributed by atoms with Crippen molar-refractivity contribution in [1.29, 1.82) is 0 Å². The third kappa shape index (κ3) is 4.20. The predicted octanol–water partition coefficient (Wildman–Crippen LogP) is 1.96. The van der Waals surface area contributed by atoms with E-state index in [4.69, 9.17) is 9.15 Å². The maximum absolute atomic E-state index is 12.5. The lowest BCUT2D eigenvalue weighted by Gasteiger charge is -2.20. The number of carbonyl (C=O) groups is 2. The smallest absolute Gasteiger partial charge is 0.339 e. The Morgan fingerprint density at radius 3 is 2.43 bits per heavy atom. The van der Waals surface area contributed by atoms with Gasteiger partial charge in [0.25, 0.3) is 0 Å². The number of aliphatic carboxylic acids is 1. The first-order valence-corrected chi connectivity index (χ1v) is 9.48. The Morgan fingerprint density at radius 1 is 1.10 bits per heavy atom. The summed E-state index contributed by atoms with van der Waals surface area (Å²) in [4.78, 5) is 36.4. The van der Waals surface area contributed by atoms with E-state index in [0.717, 1.165) is 16.5 Å². The molecule has 1 N–H and O–H groups in total. The lowest BCUT2D eigenvalue weighted by atomic mass is 10.00. The van der Waals surface area contributed by atoms with Gasteiger partial charge in [0.1, 0.15) is 11.3 Å². The molecule has 7 nitrogen and oxygen atoms in total.